The first-order valence-corrected chi connectivity index (χ1v) is 8.10. The van der Waals surface area contributed by atoms with Crippen molar-refractivity contribution in [1.82, 2.24) is 4.98 Å². The maximum atomic E-state index is 12.9. The number of nitrogens with zero attached hydrogens (tertiary/aromatic N) is 2. The third-order valence-electron chi connectivity index (χ3n) is 3.99. The van der Waals surface area contributed by atoms with Gasteiger partial charge in [-0.3, -0.25) is 9.78 Å². The lowest BCUT2D eigenvalue weighted by atomic mass is 10.1. The van der Waals surface area contributed by atoms with Crippen molar-refractivity contribution in [2.24, 2.45) is 0 Å². The molecule has 1 aliphatic heterocycles. The van der Waals surface area contributed by atoms with E-state index in [9.17, 15) is 18.0 Å². The zero-order chi connectivity index (χ0) is 18.0. The van der Waals surface area contributed by atoms with E-state index in [2.05, 4.69) is 15.2 Å². The van der Waals surface area contributed by atoms with Crippen LogP contribution in [-0.4, -0.2) is 24.0 Å². The van der Waals surface area contributed by atoms with E-state index in [0.29, 0.717) is 0 Å². The molecule has 1 fully saturated rings. The van der Waals surface area contributed by atoms with E-state index in [1.165, 1.54) is 12.3 Å². The van der Waals surface area contributed by atoms with Crippen molar-refractivity contribution in [3.63, 3.8) is 0 Å². The lowest BCUT2D eigenvalue weighted by Gasteiger charge is -2.17. The van der Waals surface area contributed by atoms with Gasteiger partial charge in [-0.05, 0) is 37.1 Å². The second kappa shape index (κ2) is 6.92. The molecule has 1 saturated heterocycles. The quantitative estimate of drug-likeness (QED) is 0.859. The second-order valence-electron chi connectivity index (χ2n) is 5.77. The number of anilines is 2. The maximum Gasteiger partial charge on any atom is 0.417 e. The van der Waals surface area contributed by atoms with Crippen molar-refractivity contribution in [3.8, 4) is 0 Å². The predicted molar refractivity (Wildman–Crippen MR) is 90.1 cm³/mol. The molecule has 1 N–H and O–H groups in total. The molecular formula is C17H15ClF3N3O. The number of rotatable bonds is 3. The van der Waals surface area contributed by atoms with Crippen LogP contribution in [0.5, 0.6) is 0 Å². The van der Waals surface area contributed by atoms with Gasteiger partial charge in [0.15, 0.2) is 0 Å². The fraction of sp³-hybridized carbons (Fsp3) is 0.294. The van der Waals surface area contributed by atoms with E-state index in [1.807, 2.05) is 0 Å². The molecular weight excluding hydrogens is 355 g/mol. The second-order valence-corrected chi connectivity index (χ2v) is 6.18. The first-order valence-electron chi connectivity index (χ1n) is 7.73. The summed E-state index contributed by atoms with van der Waals surface area (Å²) in [6, 6.07) is 4.94. The molecule has 1 aromatic heterocycles. The van der Waals surface area contributed by atoms with Gasteiger partial charge in [0.2, 0.25) is 0 Å². The summed E-state index contributed by atoms with van der Waals surface area (Å²) in [4.78, 5) is 18.5. The Morgan fingerprint density at radius 1 is 1.16 bits per heavy atom. The molecule has 1 aromatic carbocycles. The van der Waals surface area contributed by atoms with Gasteiger partial charge >= 0.3 is 6.18 Å². The number of pyridine rings is 1. The fourth-order valence-corrected chi connectivity index (χ4v) is 2.95. The van der Waals surface area contributed by atoms with Crippen LogP contribution in [0.15, 0.2) is 36.7 Å². The highest BCUT2D eigenvalue weighted by molar-refractivity contribution is 6.31. The number of benzene rings is 1. The van der Waals surface area contributed by atoms with E-state index in [4.69, 9.17) is 11.6 Å². The summed E-state index contributed by atoms with van der Waals surface area (Å²) < 4.78 is 38.7. The molecule has 3 rings (SSSR count). The van der Waals surface area contributed by atoms with Crippen LogP contribution in [0.3, 0.4) is 0 Å². The number of amides is 1. The first-order chi connectivity index (χ1) is 11.8. The van der Waals surface area contributed by atoms with Gasteiger partial charge in [-0.25, -0.2) is 0 Å². The fourth-order valence-electron chi connectivity index (χ4n) is 2.72. The number of carbonyl (C=O) groups is 1. The summed E-state index contributed by atoms with van der Waals surface area (Å²) in [5, 5.41) is 2.05. The van der Waals surface area contributed by atoms with Gasteiger partial charge in [0.05, 0.1) is 28.0 Å². The van der Waals surface area contributed by atoms with Crippen molar-refractivity contribution in [2.45, 2.75) is 19.0 Å². The minimum absolute atomic E-state index is 0.0216. The highest BCUT2D eigenvalue weighted by Crippen LogP contribution is 2.36. The van der Waals surface area contributed by atoms with Crippen molar-refractivity contribution in [3.05, 3.63) is 52.8 Å². The molecule has 0 radical (unpaired) electrons. The minimum atomic E-state index is -4.59. The molecule has 132 valence electrons. The minimum Gasteiger partial charge on any atom is -0.370 e. The van der Waals surface area contributed by atoms with E-state index in [-0.39, 0.29) is 11.3 Å². The van der Waals surface area contributed by atoms with Gasteiger partial charge in [0.25, 0.3) is 5.91 Å². The summed E-state index contributed by atoms with van der Waals surface area (Å²) in [6.45, 7) is 1.80. The molecule has 25 heavy (non-hydrogen) atoms. The van der Waals surface area contributed by atoms with Crippen LogP contribution in [0.1, 0.15) is 28.8 Å². The van der Waals surface area contributed by atoms with Crippen LogP contribution < -0.4 is 10.2 Å². The van der Waals surface area contributed by atoms with Crippen LogP contribution >= 0.6 is 11.6 Å². The van der Waals surface area contributed by atoms with Gasteiger partial charge < -0.3 is 10.2 Å². The summed E-state index contributed by atoms with van der Waals surface area (Å²) in [5.41, 5.74) is 0.148. The van der Waals surface area contributed by atoms with Crippen molar-refractivity contribution in [1.29, 1.82) is 0 Å². The molecule has 2 heterocycles. The summed E-state index contributed by atoms with van der Waals surface area (Å²) >= 11 is 5.58. The van der Waals surface area contributed by atoms with Gasteiger partial charge in [0.1, 0.15) is 0 Å². The van der Waals surface area contributed by atoms with Crippen LogP contribution in [0.25, 0.3) is 0 Å². The number of nitrogens with one attached hydrogen (secondary N) is 1. The maximum absolute atomic E-state index is 12.9. The molecule has 0 atom stereocenters. The summed E-state index contributed by atoms with van der Waals surface area (Å²) in [7, 11) is 0. The molecule has 0 saturated carbocycles. The Bertz CT molecular complexity index is 789. The molecule has 0 bridgehead atoms. The standard InChI is InChI=1S/C17H15ClF3N3O/c18-15-4-3-12(8-14(15)17(19,20)21)23-16(25)11-7-13(10-22-9-11)24-5-1-2-6-24/h3-4,7-10H,1-2,5-6H2,(H,23,25). The highest BCUT2D eigenvalue weighted by atomic mass is 35.5. The van der Waals surface area contributed by atoms with Gasteiger partial charge in [-0.2, -0.15) is 13.2 Å². The topological polar surface area (TPSA) is 45.2 Å². The zero-order valence-electron chi connectivity index (χ0n) is 13.1. The van der Waals surface area contributed by atoms with E-state index >= 15 is 0 Å². The molecule has 0 unspecified atom stereocenters. The molecule has 1 aliphatic rings. The lowest BCUT2D eigenvalue weighted by Crippen LogP contribution is -2.19. The van der Waals surface area contributed by atoms with Crippen molar-refractivity contribution in [2.75, 3.05) is 23.3 Å². The smallest absolute Gasteiger partial charge is 0.370 e. The van der Waals surface area contributed by atoms with Gasteiger partial charge in [-0.15, -0.1) is 0 Å². The van der Waals surface area contributed by atoms with Crippen molar-refractivity contribution >= 4 is 28.9 Å². The number of aromatic nitrogens is 1. The lowest BCUT2D eigenvalue weighted by molar-refractivity contribution is -0.137. The Kier molecular flexibility index (Phi) is 4.85. The molecule has 0 aliphatic carbocycles. The Hall–Kier alpha value is -2.28. The van der Waals surface area contributed by atoms with Gasteiger partial charge in [0, 0.05) is 25.0 Å². The highest BCUT2D eigenvalue weighted by Gasteiger charge is 2.33. The average Bonchev–Trinajstić information content (AvgIpc) is 3.10. The average molecular weight is 370 g/mol. The van der Waals surface area contributed by atoms with Gasteiger partial charge in [-0.1, -0.05) is 11.6 Å². The molecule has 0 spiro atoms. The largest absolute Gasteiger partial charge is 0.417 e. The van der Waals surface area contributed by atoms with E-state index in [0.717, 1.165) is 43.8 Å². The monoisotopic (exact) mass is 369 g/mol. The van der Waals surface area contributed by atoms with Crippen LogP contribution in [0.4, 0.5) is 24.5 Å². The van der Waals surface area contributed by atoms with E-state index in [1.54, 1.807) is 12.3 Å². The van der Waals surface area contributed by atoms with Crippen LogP contribution in [0.2, 0.25) is 5.02 Å². The molecule has 1 amide bonds. The number of alkyl halides is 3. The van der Waals surface area contributed by atoms with Crippen LogP contribution in [0, 0.1) is 0 Å². The third kappa shape index (κ3) is 4.04. The number of halogens is 4. The summed E-state index contributed by atoms with van der Waals surface area (Å²) in [6.07, 6.45) is 0.638. The summed E-state index contributed by atoms with van der Waals surface area (Å²) in [5.74, 6) is -0.524. The SMILES string of the molecule is O=C(Nc1ccc(Cl)c(C(F)(F)F)c1)c1cncc(N2CCCC2)c1. The Morgan fingerprint density at radius 3 is 2.56 bits per heavy atom. The Labute approximate surface area is 147 Å². The number of carbonyl (C=O) groups excluding carboxylic acids is 1. The molecule has 2 aromatic rings. The number of hydrogen-bond donors (Lipinski definition) is 1. The molecule has 4 nitrogen and oxygen atoms in total. The predicted octanol–water partition coefficient (Wildman–Crippen LogP) is 4.61. The molecule has 8 heteroatoms. The number of hydrogen-bond acceptors (Lipinski definition) is 3. The third-order valence-corrected chi connectivity index (χ3v) is 4.32. The van der Waals surface area contributed by atoms with E-state index < -0.39 is 22.7 Å². The normalized spacial score (nSPS) is 14.6. The van der Waals surface area contributed by atoms with Crippen molar-refractivity contribution < 1.29 is 18.0 Å². The first kappa shape index (κ1) is 17.5. The Morgan fingerprint density at radius 2 is 1.88 bits per heavy atom. The zero-order valence-corrected chi connectivity index (χ0v) is 13.9. The van der Waals surface area contributed by atoms with Crippen LogP contribution in [-0.2, 0) is 6.18 Å². The Balaban J connectivity index is 1.80.